The Morgan fingerprint density at radius 2 is 1.96 bits per heavy atom. The van der Waals surface area contributed by atoms with Gasteiger partial charge in [-0.05, 0) is 24.6 Å². The Labute approximate surface area is 161 Å². The Kier molecular flexibility index (Phi) is 6.26. The van der Waals surface area contributed by atoms with Crippen LogP contribution in [-0.4, -0.2) is 26.3 Å². The van der Waals surface area contributed by atoms with Crippen molar-refractivity contribution in [2.24, 2.45) is 0 Å². The van der Waals surface area contributed by atoms with Gasteiger partial charge in [0, 0.05) is 12.7 Å². The molecule has 0 fully saturated rings. The van der Waals surface area contributed by atoms with Crippen molar-refractivity contribution in [3.63, 3.8) is 0 Å². The van der Waals surface area contributed by atoms with Gasteiger partial charge in [-0.3, -0.25) is 4.79 Å². The highest BCUT2D eigenvalue weighted by Crippen LogP contribution is 2.21. The maximum atomic E-state index is 13.6. The smallest absolute Gasteiger partial charge is 0.234 e. The lowest BCUT2D eigenvalue weighted by atomic mass is 10.1. The zero-order valence-electron chi connectivity index (χ0n) is 14.9. The lowest BCUT2D eigenvalue weighted by molar-refractivity contribution is -0.113. The van der Waals surface area contributed by atoms with Crippen molar-refractivity contribution in [1.82, 2.24) is 9.55 Å². The number of carbonyl (C=O) groups excluding carboxylic acids is 1. The Bertz CT molecular complexity index is 925. The lowest BCUT2D eigenvalue weighted by Gasteiger charge is -2.09. The van der Waals surface area contributed by atoms with Crippen molar-refractivity contribution < 1.29 is 14.3 Å². The number of hydrogen-bond acceptors (Lipinski definition) is 4. The van der Waals surface area contributed by atoms with Crippen LogP contribution in [0.15, 0.2) is 59.9 Å². The molecule has 0 aliphatic heterocycles. The molecule has 0 aliphatic rings. The van der Waals surface area contributed by atoms with E-state index in [9.17, 15) is 14.3 Å². The van der Waals surface area contributed by atoms with E-state index in [1.807, 2.05) is 35.8 Å². The number of rotatable bonds is 7. The number of nitrogens with zero attached hydrogens (tertiary/aromatic N) is 2. The molecule has 0 unspecified atom stereocenters. The fourth-order valence-electron chi connectivity index (χ4n) is 2.52. The Morgan fingerprint density at radius 3 is 2.67 bits per heavy atom. The van der Waals surface area contributed by atoms with Crippen LogP contribution in [0.25, 0.3) is 0 Å². The molecule has 0 atom stereocenters. The van der Waals surface area contributed by atoms with E-state index in [4.69, 9.17) is 0 Å². The van der Waals surface area contributed by atoms with Gasteiger partial charge in [0.1, 0.15) is 5.82 Å². The highest BCUT2D eigenvalue weighted by atomic mass is 32.2. The van der Waals surface area contributed by atoms with E-state index >= 15 is 0 Å². The minimum Gasteiger partial charge on any atom is -0.390 e. The Hall–Kier alpha value is -2.64. The summed E-state index contributed by atoms with van der Waals surface area (Å²) >= 11 is 1.25. The molecule has 3 rings (SSSR count). The molecule has 0 aliphatic carbocycles. The summed E-state index contributed by atoms with van der Waals surface area (Å²) in [6.45, 7) is 2.45. The van der Waals surface area contributed by atoms with Crippen LogP contribution in [0.3, 0.4) is 0 Å². The van der Waals surface area contributed by atoms with Gasteiger partial charge in [-0.2, -0.15) is 0 Å². The summed E-state index contributed by atoms with van der Waals surface area (Å²) in [4.78, 5) is 16.5. The van der Waals surface area contributed by atoms with Crippen LogP contribution in [0.5, 0.6) is 0 Å². The van der Waals surface area contributed by atoms with Crippen LogP contribution in [-0.2, 0) is 17.9 Å². The number of thioether (sulfide) groups is 1. The number of aliphatic hydroxyl groups is 1. The minimum absolute atomic E-state index is 0.0874. The molecular weight excluding hydrogens is 365 g/mol. The van der Waals surface area contributed by atoms with E-state index in [1.54, 1.807) is 18.3 Å². The van der Waals surface area contributed by atoms with Crippen LogP contribution in [0.1, 0.15) is 16.8 Å². The molecule has 0 radical (unpaired) electrons. The second-order valence-electron chi connectivity index (χ2n) is 6.10. The number of hydrogen-bond donors (Lipinski definition) is 2. The van der Waals surface area contributed by atoms with Crippen molar-refractivity contribution in [3.05, 3.63) is 77.4 Å². The number of aliphatic hydroxyl groups excluding tert-OH is 1. The summed E-state index contributed by atoms with van der Waals surface area (Å²) in [6.07, 6.45) is 1.77. The monoisotopic (exact) mass is 385 g/mol. The maximum absolute atomic E-state index is 13.6. The highest BCUT2D eigenvalue weighted by Gasteiger charge is 2.12. The average Bonchev–Trinajstić information content (AvgIpc) is 3.06. The van der Waals surface area contributed by atoms with E-state index in [1.165, 1.54) is 29.5 Å². The van der Waals surface area contributed by atoms with E-state index in [0.29, 0.717) is 17.4 Å². The topological polar surface area (TPSA) is 67.1 Å². The number of imidazole rings is 1. The number of para-hydroxylation sites is 1. The molecule has 1 heterocycles. The maximum Gasteiger partial charge on any atom is 0.234 e. The Balaban J connectivity index is 1.67. The molecule has 0 spiro atoms. The van der Waals surface area contributed by atoms with Gasteiger partial charge >= 0.3 is 0 Å². The number of carbonyl (C=O) groups is 1. The number of benzene rings is 2. The van der Waals surface area contributed by atoms with Crippen LogP contribution in [0.4, 0.5) is 10.1 Å². The Morgan fingerprint density at radius 1 is 1.22 bits per heavy atom. The van der Waals surface area contributed by atoms with Gasteiger partial charge in [-0.15, -0.1) is 0 Å². The van der Waals surface area contributed by atoms with E-state index in [2.05, 4.69) is 10.3 Å². The van der Waals surface area contributed by atoms with E-state index in [0.717, 1.165) is 5.56 Å². The van der Waals surface area contributed by atoms with Gasteiger partial charge in [-0.25, -0.2) is 9.37 Å². The molecule has 5 nitrogen and oxygen atoms in total. The molecule has 0 saturated carbocycles. The number of amides is 1. The first-order valence-electron chi connectivity index (χ1n) is 8.45. The van der Waals surface area contributed by atoms with Gasteiger partial charge in [0.2, 0.25) is 5.91 Å². The summed E-state index contributed by atoms with van der Waals surface area (Å²) in [5, 5.41) is 12.6. The normalized spacial score (nSPS) is 10.8. The van der Waals surface area contributed by atoms with Gasteiger partial charge in [0.05, 0.1) is 23.7 Å². The van der Waals surface area contributed by atoms with Gasteiger partial charge < -0.3 is 15.0 Å². The molecule has 7 heteroatoms. The third-order valence-electron chi connectivity index (χ3n) is 3.91. The minimum atomic E-state index is -0.473. The van der Waals surface area contributed by atoms with E-state index in [-0.39, 0.29) is 24.0 Å². The highest BCUT2D eigenvalue weighted by molar-refractivity contribution is 7.99. The van der Waals surface area contributed by atoms with Gasteiger partial charge in [0.15, 0.2) is 5.16 Å². The molecule has 3 aromatic rings. The predicted molar refractivity (Wildman–Crippen MR) is 104 cm³/mol. The fourth-order valence-corrected chi connectivity index (χ4v) is 3.32. The van der Waals surface area contributed by atoms with Crippen molar-refractivity contribution >= 4 is 23.4 Å². The van der Waals surface area contributed by atoms with Crippen molar-refractivity contribution in [1.29, 1.82) is 0 Å². The molecule has 27 heavy (non-hydrogen) atoms. The summed E-state index contributed by atoms with van der Waals surface area (Å²) in [6, 6.07) is 14.2. The van der Waals surface area contributed by atoms with Gasteiger partial charge in [-0.1, -0.05) is 53.7 Å². The number of aromatic nitrogens is 2. The summed E-state index contributed by atoms with van der Waals surface area (Å²) in [5.41, 5.74) is 2.97. The van der Waals surface area contributed by atoms with Crippen molar-refractivity contribution in [2.45, 2.75) is 25.2 Å². The van der Waals surface area contributed by atoms with Crippen LogP contribution >= 0.6 is 11.8 Å². The SMILES string of the molecule is Cc1ccc(Cn2cc(CO)nc2SCC(=O)Nc2ccccc2F)cc1. The summed E-state index contributed by atoms with van der Waals surface area (Å²) in [5.74, 6) is -0.704. The van der Waals surface area contributed by atoms with Crippen LogP contribution in [0.2, 0.25) is 0 Å². The summed E-state index contributed by atoms with van der Waals surface area (Å²) in [7, 11) is 0. The van der Waals surface area contributed by atoms with Gasteiger partial charge in [0.25, 0.3) is 0 Å². The molecule has 1 amide bonds. The van der Waals surface area contributed by atoms with Crippen molar-refractivity contribution in [3.8, 4) is 0 Å². The second-order valence-corrected chi connectivity index (χ2v) is 7.05. The molecule has 0 saturated heterocycles. The third-order valence-corrected chi connectivity index (χ3v) is 4.90. The first kappa shape index (κ1) is 19.1. The average molecular weight is 385 g/mol. The quantitative estimate of drug-likeness (QED) is 0.610. The third kappa shape index (κ3) is 5.18. The second kappa shape index (κ2) is 8.83. The zero-order chi connectivity index (χ0) is 19.2. The molecular formula is C20H20FN3O2S. The lowest BCUT2D eigenvalue weighted by Crippen LogP contribution is -2.15. The number of nitrogens with one attached hydrogen (secondary N) is 1. The van der Waals surface area contributed by atoms with E-state index < -0.39 is 5.82 Å². The first-order valence-corrected chi connectivity index (χ1v) is 9.43. The molecule has 1 aromatic heterocycles. The number of halogens is 1. The largest absolute Gasteiger partial charge is 0.390 e. The van der Waals surface area contributed by atoms with Crippen LogP contribution < -0.4 is 5.32 Å². The summed E-state index contributed by atoms with van der Waals surface area (Å²) < 4.78 is 15.5. The molecule has 0 bridgehead atoms. The fraction of sp³-hybridized carbons (Fsp3) is 0.200. The molecule has 2 aromatic carbocycles. The molecule has 2 N–H and O–H groups in total. The van der Waals surface area contributed by atoms with Crippen molar-refractivity contribution in [2.75, 3.05) is 11.1 Å². The standard InChI is InChI=1S/C20H20FN3O2S/c1-14-6-8-15(9-7-14)10-24-11-16(12-25)22-20(24)27-13-19(26)23-18-5-3-2-4-17(18)21/h2-9,11,25H,10,12-13H2,1H3,(H,23,26). The molecule has 140 valence electrons. The number of aryl methyl sites for hydroxylation is 1. The first-order chi connectivity index (χ1) is 13.0. The predicted octanol–water partition coefficient (Wildman–Crippen LogP) is 3.60. The number of anilines is 1. The van der Waals surface area contributed by atoms with Crippen LogP contribution in [0, 0.1) is 12.7 Å². The zero-order valence-corrected chi connectivity index (χ0v) is 15.7.